The molecule has 0 amide bonds. The molecule has 128 valence electrons. The second-order valence-corrected chi connectivity index (χ2v) is 6.80. The molecule has 4 rings (SSSR count). The topological polar surface area (TPSA) is 21.4 Å². The van der Waals surface area contributed by atoms with E-state index in [2.05, 4.69) is 35.4 Å². The van der Waals surface area contributed by atoms with Crippen molar-refractivity contribution in [1.29, 1.82) is 0 Å². The van der Waals surface area contributed by atoms with Crippen LogP contribution >= 0.6 is 0 Å². The van der Waals surface area contributed by atoms with Crippen molar-refractivity contribution in [2.45, 2.75) is 27.6 Å². The molecule has 0 aliphatic heterocycles. The van der Waals surface area contributed by atoms with Gasteiger partial charge in [0.05, 0.1) is 12.1 Å². The first-order valence-corrected chi connectivity index (χ1v) is 8.48. The van der Waals surface area contributed by atoms with E-state index in [1.54, 1.807) is 0 Å². The second-order valence-electron chi connectivity index (χ2n) is 6.80. The molecule has 3 nitrogen and oxygen atoms in total. The minimum atomic E-state index is -2.30. The average Bonchev–Trinajstić information content (AvgIpc) is 3.02. The molecule has 0 atom stereocenters. The van der Waals surface area contributed by atoms with Crippen molar-refractivity contribution >= 4 is 27.6 Å². The molecule has 3 heteroatoms. The summed E-state index contributed by atoms with van der Waals surface area (Å²) < 4.78 is 32.2. The molecule has 0 N–H and O–H groups in total. The quantitative estimate of drug-likeness (QED) is 0.313. The van der Waals surface area contributed by atoms with Crippen LogP contribution in [0.3, 0.4) is 0 Å². The fourth-order valence-corrected chi connectivity index (χ4v) is 3.65. The summed E-state index contributed by atoms with van der Waals surface area (Å²) in [5.74, 6) is 0. The van der Waals surface area contributed by atoms with Gasteiger partial charge < -0.3 is 4.42 Å². The van der Waals surface area contributed by atoms with Crippen molar-refractivity contribution in [1.82, 2.24) is 0 Å². The molecule has 0 fully saturated rings. The van der Waals surface area contributed by atoms with Crippen LogP contribution in [0.1, 0.15) is 26.5 Å². The van der Waals surface area contributed by atoms with Gasteiger partial charge in [-0.15, -0.1) is 0 Å². The zero-order valence-corrected chi connectivity index (χ0v) is 15.3. The van der Waals surface area contributed by atoms with Crippen molar-refractivity contribution in [3.8, 4) is 11.3 Å². The highest BCUT2D eigenvalue weighted by Crippen LogP contribution is 2.41. The number of fused-ring (bicyclic) bond motifs is 3. The van der Waals surface area contributed by atoms with Gasteiger partial charge in [0, 0.05) is 33.9 Å². The van der Waals surface area contributed by atoms with Crippen LogP contribution in [-0.4, -0.2) is 0 Å². The summed E-state index contributed by atoms with van der Waals surface area (Å²) in [4.78, 5) is 3.56. The summed E-state index contributed by atoms with van der Waals surface area (Å²) in [6, 6.07) is 11.1. The van der Waals surface area contributed by atoms with Crippen LogP contribution in [-0.2, 0) is 7.05 Å². The Balaban J connectivity index is 2.23. The largest absolute Gasteiger partial charge is 0.466 e. The predicted octanol–water partition coefficient (Wildman–Crippen LogP) is 5.86. The Morgan fingerprint density at radius 2 is 1.81 bits per heavy atom. The van der Waals surface area contributed by atoms with Crippen LogP contribution in [0.2, 0.25) is 0 Å². The van der Waals surface area contributed by atoms with Crippen LogP contribution in [0.25, 0.3) is 38.0 Å². The van der Waals surface area contributed by atoms with Gasteiger partial charge in [0.2, 0.25) is 11.4 Å². The van der Waals surface area contributed by atoms with E-state index in [1.807, 2.05) is 26.1 Å². The van der Waals surface area contributed by atoms with Crippen molar-refractivity contribution < 1.29 is 13.1 Å². The summed E-state index contributed by atoms with van der Waals surface area (Å²) in [7, 11) is 2.00. The summed E-state index contributed by atoms with van der Waals surface area (Å²) in [5, 5.41) is 1.22. The Labute approximate surface area is 157 Å². The molecule has 0 bridgehead atoms. The molecule has 2 aromatic carbocycles. The van der Waals surface area contributed by atoms with E-state index in [4.69, 9.17) is 15.1 Å². The number of benzene rings is 2. The molecular formula is C23H21N2O+. The lowest BCUT2D eigenvalue weighted by atomic mass is 9.98. The van der Waals surface area contributed by atoms with Gasteiger partial charge in [-0.3, -0.25) is 0 Å². The van der Waals surface area contributed by atoms with Crippen LogP contribution < -0.4 is 4.57 Å². The lowest BCUT2D eigenvalue weighted by molar-refractivity contribution is -0.666. The summed E-state index contributed by atoms with van der Waals surface area (Å²) >= 11 is 0. The van der Waals surface area contributed by atoms with Crippen molar-refractivity contribution in [3.05, 3.63) is 70.2 Å². The lowest BCUT2D eigenvalue weighted by Crippen LogP contribution is -2.35. The Kier molecular flexibility index (Phi) is 2.88. The molecular weight excluding hydrogens is 320 g/mol. The second kappa shape index (κ2) is 5.71. The number of furan rings is 1. The lowest BCUT2D eigenvalue weighted by Gasteiger charge is -2.08. The zero-order chi connectivity index (χ0) is 21.1. The first-order valence-electron chi connectivity index (χ1n) is 9.98. The molecule has 0 spiro atoms. The van der Waals surface area contributed by atoms with Gasteiger partial charge >= 0.3 is 0 Å². The van der Waals surface area contributed by atoms with Gasteiger partial charge in [0.25, 0.3) is 0 Å². The molecule has 0 aliphatic rings. The van der Waals surface area contributed by atoms with Crippen LogP contribution in [0.4, 0.5) is 5.69 Å². The van der Waals surface area contributed by atoms with Crippen LogP contribution in [0.15, 0.2) is 40.8 Å². The highest BCUT2D eigenvalue weighted by molar-refractivity contribution is 6.14. The zero-order valence-electron chi connectivity index (χ0n) is 18.3. The first-order chi connectivity index (χ1) is 13.6. The molecule has 4 aromatic rings. The van der Waals surface area contributed by atoms with Crippen molar-refractivity contribution in [2.24, 2.45) is 7.05 Å². The third-order valence-corrected chi connectivity index (χ3v) is 5.04. The number of aromatic nitrogens is 1. The molecule has 26 heavy (non-hydrogen) atoms. The van der Waals surface area contributed by atoms with E-state index < -0.39 is 6.85 Å². The van der Waals surface area contributed by atoms with E-state index in [9.17, 15) is 0 Å². The van der Waals surface area contributed by atoms with E-state index in [0.717, 1.165) is 33.5 Å². The smallest absolute Gasteiger partial charge is 0.229 e. The fraction of sp³-hybridized carbons (Fsp3) is 0.217. The Hall–Kier alpha value is -3.12. The molecule has 0 unspecified atom stereocenters. The number of pyridine rings is 1. The minimum Gasteiger partial charge on any atom is -0.466 e. The number of hydrogen-bond acceptors (Lipinski definition) is 1. The van der Waals surface area contributed by atoms with Gasteiger partial charge in [-0.1, -0.05) is 24.3 Å². The van der Waals surface area contributed by atoms with Crippen molar-refractivity contribution in [2.75, 3.05) is 0 Å². The fourth-order valence-electron chi connectivity index (χ4n) is 3.65. The van der Waals surface area contributed by atoms with Crippen LogP contribution in [0, 0.1) is 34.2 Å². The van der Waals surface area contributed by atoms with E-state index in [-0.39, 0.29) is 5.56 Å². The maximum atomic E-state index is 7.96. The van der Waals surface area contributed by atoms with Gasteiger partial charge in [0.1, 0.15) is 18.2 Å². The molecule has 0 saturated heterocycles. The highest BCUT2D eigenvalue weighted by atomic mass is 16.3. The summed E-state index contributed by atoms with van der Waals surface area (Å²) in [5.41, 5.74) is 6.65. The Bertz CT molecular complexity index is 1340. The maximum absolute atomic E-state index is 7.96. The third kappa shape index (κ3) is 2.23. The monoisotopic (exact) mass is 344 g/mol. The third-order valence-electron chi connectivity index (χ3n) is 5.04. The van der Waals surface area contributed by atoms with E-state index >= 15 is 0 Å². The molecule has 0 saturated carbocycles. The molecule has 0 aliphatic carbocycles. The normalized spacial score (nSPS) is 13.4. The average molecular weight is 344 g/mol. The highest BCUT2D eigenvalue weighted by Gasteiger charge is 2.23. The number of hydrogen-bond donors (Lipinski definition) is 0. The molecule has 2 heterocycles. The standard InChI is InChI=1S/C23H21N2O/c1-13-11-16(4)25(6)19(12-13)21-15(3)7-9-17-20-14(2)8-10-18(24-5)23(20)26-22(17)21/h7-12H,1-4,6H3/q+1/i2D3. The Morgan fingerprint density at radius 1 is 1.04 bits per heavy atom. The van der Waals surface area contributed by atoms with Gasteiger partial charge in [-0.2, -0.15) is 4.57 Å². The number of nitrogens with zero attached hydrogens (tertiary/aromatic N) is 2. The van der Waals surface area contributed by atoms with Crippen LogP contribution in [0.5, 0.6) is 0 Å². The van der Waals surface area contributed by atoms with Gasteiger partial charge in [0.15, 0.2) is 5.69 Å². The number of rotatable bonds is 1. The predicted molar refractivity (Wildman–Crippen MR) is 106 cm³/mol. The molecule has 2 aromatic heterocycles. The van der Waals surface area contributed by atoms with Crippen molar-refractivity contribution in [3.63, 3.8) is 0 Å². The maximum Gasteiger partial charge on any atom is 0.229 e. The summed E-state index contributed by atoms with van der Waals surface area (Å²) in [6.45, 7) is 11.3. The molecule has 0 radical (unpaired) electrons. The van der Waals surface area contributed by atoms with E-state index in [1.165, 1.54) is 12.1 Å². The van der Waals surface area contributed by atoms with E-state index in [0.29, 0.717) is 22.2 Å². The first kappa shape index (κ1) is 13.1. The number of aryl methyl sites for hydroxylation is 4. The summed E-state index contributed by atoms with van der Waals surface area (Å²) in [6.07, 6.45) is 0. The Morgan fingerprint density at radius 3 is 2.54 bits per heavy atom. The van der Waals surface area contributed by atoms with Gasteiger partial charge in [-0.05, 0) is 37.4 Å². The SMILES string of the molecule is [2H]C([2H])([2H])c1ccc([N+]#[C-])c2oc3c(-c4cc(C)cc(C)[n+]4C)c(C)ccc3c12. The minimum absolute atomic E-state index is 0.207. The van der Waals surface area contributed by atoms with Gasteiger partial charge in [-0.25, -0.2) is 4.85 Å².